The fraction of sp³-hybridized carbons (Fsp3) is 0.105. The maximum atomic E-state index is 12.3. The Balaban J connectivity index is 1.90. The molecule has 27 heavy (non-hydrogen) atoms. The number of nitro groups is 1. The van der Waals surface area contributed by atoms with Gasteiger partial charge in [0.05, 0.1) is 11.1 Å². The van der Waals surface area contributed by atoms with E-state index in [0.717, 1.165) is 4.68 Å². The number of rotatable bonds is 4. The third-order valence-electron chi connectivity index (χ3n) is 3.96. The van der Waals surface area contributed by atoms with Crippen molar-refractivity contribution in [2.24, 2.45) is 5.10 Å². The second kappa shape index (κ2) is 7.09. The highest BCUT2D eigenvalue weighted by molar-refractivity contribution is 5.77. The summed E-state index contributed by atoms with van der Waals surface area (Å²) in [7, 11) is 0. The summed E-state index contributed by atoms with van der Waals surface area (Å²) >= 11 is 0. The number of non-ortho nitro benzene ring substituents is 1. The van der Waals surface area contributed by atoms with Crippen LogP contribution in [-0.4, -0.2) is 15.8 Å². The smallest absolute Gasteiger partial charge is 0.289 e. The Morgan fingerprint density at radius 2 is 1.93 bits per heavy atom. The molecule has 2 heterocycles. The topological polar surface area (TPSA) is 114 Å². The van der Waals surface area contributed by atoms with Crippen molar-refractivity contribution >= 4 is 11.9 Å². The molecule has 0 atom stereocenters. The molecule has 0 bridgehead atoms. The van der Waals surface area contributed by atoms with Crippen molar-refractivity contribution in [2.75, 3.05) is 0 Å². The van der Waals surface area contributed by atoms with Gasteiger partial charge in [-0.05, 0) is 49.7 Å². The van der Waals surface area contributed by atoms with Gasteiger partial charge < -0.3 is 4.42 Å². The Labute approximate surface area is 153 Å². The summed E-state index contributed by atoms with van der Waals surface area (Å²) in [6, 6.07) is 12.9. The van der Waals surface area contributed by atoms with Crippen LogP contribution in [0.4, 0.5) is 5.69 Å². The van der Waals surface area contributed by atoms with Gasteiger partial charge in [-0.15, -0.1) is 0 Å². The van der Waals surface area contributed by atoms with Gasteiger partial charge in [0.15, 0.2) is 0 Å². The number of pyridine rings is 1. The van der Waals surface area contributed by atoms with Crippen LogP contribution < -0.4 is 5.56 Å². The number of aryl methyl sites for hydroxylation is 2. The molecule has 0 radical (unpaired) electrons. The summed E-state index contributed by atoms with van der Waals surface area (Å²) in [6.07, 6.45) is 1.37. The maximum absolute atomic E-state index is 12.3. The first-order valence-electron chi connectivity index (χ1n) is 7.93. The summed E-state index contributed by atoms with van der Waals surface area (Å²) < 4.78 is 6.79. The van der Waals surface area contributed by atoms with Crippen molar-refractivity contribution in [2.45, 2.75) is 13.8 Å². The minimum atomic E-state index is -0.492. The monoisotopic (exact) mass is 362 g/mol. The van der Waals surface area contributed by atoms with Crippen molar-refractivity contribution in [1.82, 2.24) is 4.68 Å². The Bertz CT molecular complexity index is 1150. The van der Waals surface area contributed by atoms with Gasteiger partial charge in [-0.2, -0.15) is 10.4 Å². The lowest BCUT2D eigenvalue weighted by Gasteiger charge is -2.05. The van der Waals surface area contributed by atoms with E-state index in [0.29, 0.717) is 28.3 Å². The van der Waals surface area contributed by atoms with Gasteiger partial charge >= 0.3 is 0 Å². The molecule has 8 heteroatoms. The van der Waals surface area contributed by atoms with Crippen molar-refractivity contribution in [3.05, 3.63) is 85.5 Å². The fourth-order valence-corrected chi connectivity index (χ4v) is 2.60. The first-order valence-corrected chi connectivity index (χ1v) is 7.93. The van der Waals surface area contributed by atoms with Gasteiger partial charge in [-0.3, -0.25) is 14.9 Å². The van der Waals surface area contributed by atoms with Gasteiger partial charge in [0, 0.05) is 23.4 Å². The van der Waals surface area contributed by atoms with E-state index < -0.39 is 10.5 Å². The van der Waals surface area contributed by atoms with Crippen molar-refractivity contribution in [1.29, 1.82) is 5.26 Å². The molecule has 0 fully saturated rings. The van der Waals surface area contributed by atoms with Gasteiger partial charge in [0.1, 0.15) is 23.2 Å². The van der Waals surface area contributed by atoms with E-state index >= 15 is 0 Å². The van der Waals surface area contributed by atoms with Crippen LogP contribution in [0.15, 0.2) is 56.8 Å². The zero-order chi connectivity index (χ0) is 19.6. The van der Waals surface area contributed by atoms with Crippen LogP contribution in [0.2, 0.25) is 0 Å². The molecule has 1 aromatic carbocycles. The number of benzene rings is 1. The van der Waals surface area contributed by atoms with Gasteiger partial charge in [-0.25, -0.2) is 4.68 Å². The fourth-order valence-electron chi connectivity index (χ4n) is 2.60. The van der Waals surface area contributed by atoms with Gasteiger partial charge in [0.25, 0.3) is 11.2 Å². The molecule has 0 aliphatic heterocycles. The molecule has 3 rings (SSSR count). The average Bonchev–Trinajstić information content (AvgIpc) is 3.10. The minimum Gasteiger partial charge on any atom is -0.455 e. The highest BCUT2D eigenvalue weighted by Gasteiger charge is 2.10. The van der Waals surface area contributed by atoms with E-state index in [4.69, 9.17) is 9.68 Å². The van der Waals surface area contributed by atoms with Crippen LogP contribution in [0.3, 0.4) is 0 Å². The highest BCUT2D eigenvalue weighted by atomic mass is 16.6. The lowest BCUT2D eigenvalue weighted by atomic mass is 10.1. The molecule has 0 saturated heterocycles. The van der Waals surface area contributed by atoms with E-state index in [1.165, 1.54) is 18.3 Å². The Kier molecular flexibility index (Phi) is 4.68. The number of nitro benzene ring substituents is 1. The maximum Gasteiger partial charge on any atom is 0.289 e. The third-order valence-corrected chi connectivity index (χ3v) is 3.96. The molecular weight excluding hydrogens is 348 g/mol. The predicted octanol–water partition coefficient (Wildman–Crippen LogP) is 3.39. The van der Waals surface area contributed by atoms with Crippen molar-refractivity contribution in [3.63, 3.8) is 0 Å². The zero-order valence-corrected chi connectivity index (χ0v) is 14.5. The van der Waals surface area contributed by atoms with E-state index in [-0.39, 0.29) is 11.3 Å². The normalized spacial score (nSPS) is 10.9. The second-order valence-electron chi connectivity index (χ2n) is 5.82. The summed E-state index contributed by atoms with van der Waals surface area (Å²) in [6.45, 7) is 3.42. The summed E-state index contributed by atoms with van der Waals surface area (Å²) in [4.78, 5) is 22.6. The molecule has 0 unspecified atom stereocenters. The quantitative estimate of drug-likeness (QED) is 0.401. The number of nitriles is 1. The highest BCUT2D eigenvalue weighted by Crippen LogP contribution is 2.24. The Morgan fingerprint density at radius 1 is 1.22 bits per heavy atom. The van der Waals surface area contributed by atoms with Crippen LogP contribution in [0.1, 0.15) is 22.6 Å². The predicted molar refractivity (Wildman–Crippen MR) is 98.7 cm³/mol. The first-order chi connectivity index (χ1) is 12.9. The van der Waals surface area contributed by atoms with Crippen LogP contribution in [0, 0.1) is 35.3 Å². The molecule has 0 N–H and O–H groups in total. The van der Waals surface area contributed by atoms with Gasteiger partial charge in [0.2, 0.25) is 0 Å². The van der Waals surface area contributed by atoms with Crippen molar-refractivity contribution in [3.8, 4) is 17.4 Å². The van der Waals surface area contributed by atoms with Gasteiger partial charge in [-0.1, -0.05) is 0 Å². The summed E-state index contributed by atoms with van der Waals surface area (Å²) in [5.74, 6) is 0.908. The lowest BCUT2D eigenvalue weighted by molar-refractivity contribution is -0.384. The van der Waals surface area contributed by atoms with Crippen LogP contribution in [0.5, 0.6) is 0 Å². The molecule has 0 aliphatic carbocycles. The number of furan rings is 1. The number of nitrogens with zero attached hydrogens (tertiary/aromatic N) is 4. The molecule has 8 nitrogen and oxygen atoms in total. The standard InChI is InChI=1S/C19H14N4O4/c1-12-9-13(2)22(19(24)17(12)10-20)21-11-16-7-8-18(27-16)14-3-5-15(6-4-14)23(25)26/h3-9,11H,1-2H3/b21-11-. The SMILES string of the molecule is Cc1cc(C)n(/N=C\c2ccc(-c3ccc([N+](=O)[O-])cc3)o2)c(=O)c1C#N. The third kappa shape index (κ3) is 3.52. The molecule has 0 saturated carbocycles. The summed E-state index contributed by atoms with van der Waals surface area (Å²) in [5.41, 5.74) is 1.42. The van der Waals surface area contributed by atoms with Crippen LogP contribution in [-0.2, 0) is 0 Å². The van der Waals surface area contributed by atoms with E-state index in [2.05, 4.69) is 5.10 Å². The minimum absolute atomic E-state index is 0.00499. The largest absolute Gasteiger partial charge is 0.455 e. The molecule has 2 aromatic heterocycles. The van der Waals surface area contributed by atoms with E-state index in [9.17, 15) is 14.9 Å². The zero-order valence-electron chi connectivity index (χ0n) is 14.5. The van der Waals surface area contributed by atoms with E-state index in [1.54, 1.807) is 44.2 Å². The lowest BCUT2D eigenvalue weighted by Crippen LogP contribution is -2.22. The summed E-state index contributed by atoms with van der Waals surface area (Å²) in [5, 5.41) is 23.9. The molecule has 0 amide bonds. The van der Waals surface area contributed by atoms with Crippen molar-refractivity contribution < 1.29 is 9.34 Å². The number of hydrogen-bond acceptors (Lipinski definition) is 6. The van der Waals surface area contributed by atoms with Crippen LogP contribution in [0.25, 0.3) is 11.3 Å². The molecular formula is C19H14N4O4. The second-order valence-corrected chi connectivity index (χ2v) is 5.82. The number of hydrogen-bond donors (Lipinski definition) is 0. The molecule has 0 aliphatic rings. The van der Waals surface area contributed by atoms with Crippen LogP contribution >= 0.6 is 0 Å². The Morgan fingerprint density at radius 3 is 2.56 bits per heavy atom. The molecule has 3 aromatic rings. The first kappa shape index (κ1) is 17.8. The Hall–Kier alpha value is -3.99. The number of aromatic nitrogens is 1. The average molecular weight is 362 g/mol. The molecule has 134 valence electrons. The molecule has 0 spiro atoms. The van der Waals surface area contributed by atoms with E-state index in [1.807, 2.05) is 6.07 Å².